The van der Waals surface area contributed by atoms with Crippen LogP contribution in [-0.4, -0.2) is 16.0 Å². The second kappa shape index (κ2) is 2.26. The maximum absolute atomic E-state index is 5.91. The Kier molecular flexibility index (Phi) is 1.45. The van der Waals surface area contributed by atoms with Gasteiger partial charge in [0.15, 0.2) is 0 Å². The van der Waals surface area contributed by atoms with Crippen LogP contribution in [0.5, 0.6) is 0 Å². The van der Waals surface area contributed by atoms with E-state index in [1.807, 2.05) is 0 Å². The summed E-state index contributed by atoms with van der Waals surface area (Å²) in [5.41, 5.74) is 7.14. The van der Waals surface area contributed by atoms with Gasteiger partial charge in [0, 0.05) is 30.6 Å². The summed E-state index contributed by atoms with van der Waals surface area (Å²) in [6.45, 7) is 4.33. The molecule has 0 unspecified atom stereocenters. The van der Waals surface area contributed by atoms with Crippen LogP contribution in [0.3, 0.4) is 0 Å². The first-order chi connectivity index (χ1) is 5.64. The molecule has 1 aliphatic rings. The third-order valence-corrected chi connectivity index (χ3v) is 2.81. The van der Waals surface area contributed by atoms with Crippen molar-refractivity contribution in [3.63, 3.8) is 0 Å². The van der Waals surface area contributed by atoms with E-state index in [1.54, 1.807) is 18.6 Å². The third kappa shape index (κ3) is 0.932. The van der Waals surface area contributed by atoms with Gasteiger partial charge in [0.25, 0.3) is 0 Å². The zero-order chi connectivity index (χ0) is 8.77. The molecule has 0 amide bonds. The van der Waals surface area contributed by atoms with Crippen LogP contribution in [0.4, 0.5) is 0 Å². The maximum atomic E-state index is 5.91. The van der Waals surface area contributed by atoms with Crippen molar-refractivity contribution in [1.82, 2.24) is 9.97 Å². The van der Waals surface area contributed by atoms with E-state index in [1.165, 1.54) is 0 Å². The van der Waals surface area contributed by atoms with Crippen LogP contribution < -0.4 is 5.73 Å². The monoisotopic (exact) mass is 163 g/mol. The second-order valence-electron chi connectivity index (χ2n) is 3.96. The largest absolute Gasteiger partial charge is 0.327 e. The predicted octanol–water partition coefficient (Wildman–Crippen LogP) is 0.927. The molecule has 2 N–H and O–H groups in total. The summed E-state index contributed by atoms with van der Waals surface area (Å²) in [7, 11) is 0. The Morgan fingerprint density at radius 1 is 1.42 bits per heavy atom. The van der Waals surface area contributed by atoms with Gasteiger partial charge < -0.3 is 5.73 Å². The molecule has 12 heavy (non-hydrogen) atoms. The van der Waals surface area contributed by atoms with Crippen molar-refractivity contribution in [2.45, 2.75) is 25.8 Å². The molecule has 0 radical (unpaired) electrons. The molecule has 0 saturated heterocycles. The van der Waals surface area contributed by atoms with Crippen LogP contribution in [-0.2, 0) is 0 Å². The Balaban J connectivity index is 2.25. The summed E-state index contributed by atoms with van der Waals surface area (Å²) >= 11 is 0. The Labute approximate surface area is 72.0 Å². The molecule has 2 rings (SSSR count). The average molecular weight is 163 g/mol. The Bertz CT molecular complexity index is 281. The number of hydrogen-bond acceptors (Lipinski definition) is 3. The van der Waals surface area contributed by atoms with E-state index in [0.29, 0.717) is 5.92 Å². The molecule has 0 aliphatic heterocycles. The Morgan fingerprint density at radius 2 is 2.08 bits per heavy atom. The van der Waals surface area contributed by atoms with Crippen LogP contribution in [0.2, 0.25) is 0 Å². The normalized spacial score (nSPS) is 31.6. The van der Waals surface area contributed by atoms with E-state index in [9.17, 15) is 0 Å². The van der Waals surface area contributed by atoms with E-state index in [0.717, 1.165) is 5.69 Å². The van der Waals surface area contributed by atoms with E-state index in [-0.39, 0.29) is 11.5 Å². The zero-order valence-corrected chi connectivity index (χ0v) is 7.36. The molecule has 64 valence electrons. The molecule has 2 atom stereocenters. The van der Waals surface area contributed by atoms with Gasteiger partial charge in [0.2, 0.25) is 0 Å². The van der Waals surface area contributed by atoms with E-state index < -0.39 is 0 Å². The molecular weight excluding hydrogens is 150 g/mol. The highest BCUT2D eigenvalue weighted by Crippen LogP contribution is 2.56. The zero-order valence-electron chi connectivity index (χ0n) is 7.36. The fraction of sp³-hybridized carbons (Fsp3) is 0.556. The van der Waals surface area contributed by atoms with Crippen LogP contribution in [0.25, 0.3) is 0 Å². The first kappa shape index (κ1) is 7.68. The molecule has 3 nitrogen and oxygen atoms in total. The highest BCUT2D eigenvalue weighted by atomic mass is 14.9. The molecule has 1 heterocycles. The van der Waals surface area contributed by atoms with Crippen LogP contribution >= 0.6 is 0 Å². The highest BCUT2D eigenvalue weighted by Gasteiger charge is 2.57. The van der Waals surface area contributed by atoms with Gasteiger partial charge in [0.1, 0.15) is 0 Å². The number of nitrogens with zero attached hydrogens (tertiary/aromatic N) is 2. The second-order valence-corrected chi connectivity index (χ2v) is 3.96. The van der Waals surface area contributed by atoms with E-state index in [2.05, 4.69) is 23.8 Å². The number of aromatic nitrogens is 2. The first-order valence-corrected chi connectivity index (χ1v) is 4.15. The lowest BCUT2D eigenvalue weighted by Crippen LogP contribution is -2.06. The lowest BCUT2D eigenvalue weighted by Gasteiger charge is -1.99. The summed E-state index contributed by atoms with van der Waals surface area (Å²) in [5.74, 6) is 0.395. The van der Waals surface area contributed by atoms with Crippen molar-refractivity contribution in [1.29, 1.82) is 0 Å². The van der Waals surface area contributed by atoms with Gasteiger partial charge in [-0.3, -0.25) is 9.97 Å². The molecule has 0 spiro atoms. The van der Waals surface area contributed by atoms with Gasteiger partial charge >= 0.3 is 0 Å². The lowest BCUT2D eigenvalue weighted by atomic mass is 10.1. The third-order valence-electron chi connectivity index (χ3n) is 2.81. The standard InChI is InChI=1S/C9H13N3/c1-9(2)7(8(9)10)6-5-11-3-4-12-6/h3-5,7-8H,10H2,1-2H3/t7-,8-/m1/s1. The van der Waals surface area contributed by atoms with Gasteiger partial charge in [-0.2, -0.15) is 0 Å². The number of rotatable bonds is 1. The van der Waals surface area contributed by atoms with Gasteiger partial charge in [-0.15, -0.1) is 0 Å². The fourth-order valence-corrected chi connectivity index (χ4v) is 1.71. The molecular formula is C9H13N3. The summed E-state index contributed by atoms with van der Waals surface area (Å²) < 4.78 is 0. The maximum Gasteiger partial charge on any atom is 0.0639 e. The number of hydrogen-bond donors (Lipinski definition) is 1. The van der Waals surface area contributed by atoms with Crippen LogP contribution in [0.1, 0.15) is 25.5 Å². The lowest BCUT2D eigenvalue weighted by molar-refractivity contribution is 0.595. The minimum Gasteiger partial charge on any atom is -0.327 e. The topological polar surface area (TPSA) is 51.8 Å². The first-order valence-electron chi connectivity index (χ1n) is 4.15. The molecule has 1 aromatic rings. The molecule has 0 bridgehead atoms. The van der Waals surface area contributed by atoms with Gasteiger partial charge in [-0.05, 0) is 5.41 Å². The van der Waals surface area contributed by atoms with Crippen molar-refractivity contribution in [2.75, 3.05) is 0 Å². The van der Waals surface area contributed by atoms with Crippen molar-refractivity contribution >= 4 is 0 Å². The summed E-state index contributed by atoms with van der Waals surface area (Å²) in [6, 6.07) is 0.245. The minimum absolute atomic E-state index is 0.204. The van der Waals surface area contributed by atoms with Crippen molar-refractivity contribution in [3.8, 4) is 0 Å². The quantitative estimate of drug-likeness (QED) is 0.670. The van der Waals surface area contributed by atoms with Crippen LogP contribution in [0, 0.1) is 5.41 Å². The Morgan fingerprint density at radius 3 is 2.50 bits per heavy atom. The van der Waals surface area contributed by atoms with Gasteiger partial charge in [-0.25, -0.2) is 0 Å². The highest BCUT2D eigenvalue weighted by molar-refractivity contribution is 5.26. The molecule has 0 aromatic carbocycles. The van der Waals surface area contributed by atoms with Crippen LogP contribution in [0.15, 0.2) is 18.6 Å². The molecule has 1 aliphatic carbocycles. The van der Waals surface area contributed by atoms with Gasteiger partial charge in [0.05, 0.1) is 5.69 Å². The SMILES string of the molecule is CC1(C)[C@H](N)[C@H]1c1cnccn1. The van der Waals surface area contributed by atoms with Gasteiger partial charge in [-0.1, -0.05) is 13.8 Å². The Hall–Kier alpha value is -0.960. The van der Waals surface area contributed by atoms with Crippen molar-refractivity contribution in [2.24, 2.45) is 11.1 Å². The molecule has 1 saturated carbocycles. The van der Waals surface area contributed by atoms with Crippen molar-refractivity contribution in [3.05, 3.63) is 24.3 Å². The van der Waals surface area contributed by atoms with E-state index in [4.69, 9.17) is 5.73 Å². The van der Waals surface area contributed by atoms with E-state index >= 15 is 0 Å². The summed E-state index contributed by atoms with van der Waals surface area (Å²) in [6.07, 6.45) is 5.21. The minimum atomic E-state index is 0.204. The molecule has 3 heteroatoms. The number of nitrogens with two attached hydrogens (primary N) is 1. The predicted molar refractivity (Wildman–Crippen MR) is 46.5 cm³/mol. The average Bonchev–Trinajstić information content (AvgIpc) is 2.53. The fourth-order valence-electron chi connectivity index (χ4n) is 1.71. The van der Waals surface area contributed by atoms with Crippen molar-refractivity contribution < 1.29 is 0 Å². The molecule has 1 fully saturated rings. The smallest absolute Gasteiger partial charge is 0.0639 e. The molecule has 1 aromatic heterocycles. The summed E-state index contributed by atoms with van der Waals surface area (Å²) in [5, 5.41) is 0. The summed E-state index contributed by atoms with van der Waals surface area (Å²) in [4.78, 5) is 8.27.